The van der Waals surface area contributed by atoms with Crippen molar-refractivity contribution >= 4 is 28.2 Å². The molecular formula is C12H13BrO4. The summed E-state index contributed by atoms with van der Waals surface area (Å²) in [5.74, 6) is -0.0974. The Labute approximate surface area is 108 Å². The SMILES string of the molecule is CCC(Oc1c(Br)cccc1C=O)C(=O)OC. The molecule has 4 nitrogen and oxygen atoms in total. The lowest BCUT2D eigenvalue weighted by Crippen LogP contribution is -2.28. The predicted molar refractivity (Wildman–Crippen MR) is 66.3 cm³/mol. The fraction of sp³-hybridized carbons (Fsp3) is 0.333. The van der Waals surface area contributed by atoms with Crippen LogP contribution in [-0.4, -0.2) is 25.5 Å². The summed E-state index contributed by atoms with van der Waals surface area (Å²) in [6, 6.07) is 5.09. The standard InChI is InChI=1S/C12H13BrO4/c1-3-10(12(15)16-2)17-11-8(7-14)5-4-6-9(11)13/h4-7,10H,3H2,1-2H3. The highest BCUT2D eigenvalue weighted by Crippen LogP contribution is 2.29. The highest BCUT2D eigenvalue weighted by atomic mass is 79.9. The Morgan fingerprint density at radius 2 is 2.24 bits per heavy atom. The Bertz CT molecular complexity index is 417. The smallest absolute Gasteiger partial charge is 0.347 e. The molecule has 0 fully saturated rings. The van der Waals surface area contributed by atoms with Gasteiger partial charge in [0.1, 0.15) is 5.75 Å². The number of para-hydroxylation sites is 1. The van der Waals surface area contributed by atoms with Crippen LogP contribution < -0.4 is 4.74 Å². The monoisotopic (exact) mass is 300 g/mol. The second-order valence-electron chi connectivity index (χ2n) is 3.31. The molecule has 0 spiro atoms. The van der Waals surface area contributed by atoms with E-state index in [0.717, 1.165) is 0 Å². The Kier molecular flexibility index (Phi) is 5.15. The van der Waals surface area contributed by atoms with E-state index >= 15 is 0 Å². The molecule has 0 aliphatic heterocycles. The zero-order chi connectivity index (χ0) is 12.8. The van der Waals surface area contributed by atoms with Gasteiger partial charge in [-0.2, -0.15) is 0 Å². The summed E-state index contributed by atoms with van der Waals surface area (Å²) in [5.41, 5.74) is 0.390. The van der Waals surface area contributed by atoms with Gasteiger partial charge >= 0.3 is 5.97 Å². The average molecular weight is 301 g/mol. The van der Waals surface area contributed by atoms with Gasteiger partial charge in [-0.15, -0.1) is 0 Å². The number of hydrogen-bond donors (Lipinski definition) is 0. The van der Waals surface area contributed by atoms with Gasteiger partial charge in [0, 0.05) is 0 Å². The fourth-order valence-corrected chi connectivity index (χ4v) is 1.79. The van der Waals surface area contributed by atoms with E-state index in [4.69, 9.17) is 4.74 Å². The van der Waals surface area contributed by atoms with Crippen molar-refractivity contribution in [3.8, 4) is 5.75 Å². The number of esters is 1. The van der Waals surface area contributed by atoms with Crippen LogP contribution in [-0.2, 0) is 9.53 Å². The van der Waals surface area contributed by atoms with Crippen LogP contribution in [0.4, 0.5) is 0 Å². The van der Waals surface area contributed by atoms with Gasteiger partial charge in [0.25, 0.3) is 0 Å². The van der Waals surface area contributed by atoms with Crippen LogP contribution in [0, 0.1) is 0 Å². The molecule has 0 aliphatic rings. The van der Waals surface area contributed by atoms with E-state index in [0.29, 0.717) is 28.5 Å². The third-order valence-corrected chi connectivity index (χ3v) is 2.84. The second-order valence-corrected chi connectivity index (χ2v) is 4.17. The molecule has 0 amide bonds. The minimum absolute atomic E-state index is 0.361. The minimum atomic E-state index is -0.711. The first-order chi connectivity index (χ1) is 8.13. The zero-order valence-electron chi connectivity index (χ0n) is 9.60. The van der Waals surface area contributed by atoms with Crippen LogP contribution in [0.5, 0.6) is 5.75 Å². The molecule has 5 heteroatoms. The van der Waals surface area contributed by atoms with Crippen LogP contribution >= 0.6 is 15.9 Å². The van der Waals surface area contributed by atoms with E-state index < -0.39 is 12.1 Å². The van der Waals surface area contributed by atoms with Gasteiger partial charge in [-0.05, 0) is 34.5 Å². The quantitative estimate of drug-likeness (QED) is 0.619. The molecule has 1 rings (SSSR count). The van der Waals surface area contributed by atoms with Crippen molar-refractivity contribution in [1.82, 2.24) is 0 Å². The first kappa shape index (κ1) is 13.7. The van der Waals surface area contributed by atoms with Crippen molar-refractivity contribution in [1.29, 1.82) is 0 Å². The molecular weight excluding hydrogens is 288 g/mol. The highest BCUT2D eigenvalue weighted by molar-refractivity contribution is 9.10. The van der Waals surface area contributed by atoms with E-state index in [1.54, 1.807) is 25.1 Å². The Morgan fingerprint density at radius 3 is 2.76 bits per heavy atom. The van der Waals surface area contributed by atoms with E-state index in [2.05, 4.69) is 20.7 Å². The molecule has 0 aliphatic carbocycles. The number of carbonyl (C=O) groups is 2. The molecule has 0 aromatic heterocycles. The van der Waals surface area contributed by atoms with Crippen molar-refractivity contribution in [2.24, 2.45) is 0 Å². The summed E-state index contributed by atoms with van der Waals surface area (Å²) < 4.78 is 10.8. The van der Waals surface area contributed by atoms with Crippen LogP contribution in [0.15, 0.2) is 22.7 Å². The highest BCUT2D eigenvalue weighted by Gasteiger charge is 2.21. The predicted octanol–water partition coefficient (Wildman–Crippen LogP) is 2.59. The molecule has 17 heavy (non-hydrogen) atoms. The van der Waals surface area contributed by atoms with Gasteiger partial charge < -0.3 is 9.47 Å². The lowest BCUT2D eigenvalue weighted by atomic mass is 10.2. The van der Waals surface area contributed by atoms with E-state index in [1.807, 2.05) is 0 Å². The molecule has 0 saturated carbocycles. The van der Waals surface area contributed by atoms with Crippen LogP contribution in [0.3, 0.4) is 0 Å². The van der Waals surface area contributed by atoms with Crippen molar-refractivity contribution < 1.29 is 19.1 Å². The molecule has 1 atom stereocenters. The van der Waals surface area contributed by atoms with Gasteiger partial charge in [-0.3, -0.25) is 4.79 Å². The zero-order valence-corrected chi connectivity index (χ0v) is 11.2. The molecule has 0 N–H and O–H groups in total. The number of rotatable bonds is 5. The van der Waals surface area contributed by atoms with Crippen molar-refractivity contribution in [2.45, 2.75) is 19.4 Å². The molecule has 1 aromatic rings. The maximum absolute atomic E-state index is 11.4. The number of methoxy groups -OCH3 is 1. The molecule has 0 saturated heterocycles. The van der Waals surface area contributed by atoms with Crippen LogP contribution in [0.2, 0.25) is 0 Å². The van der Waals surface area contributed by atoms with Gasteiger partial charge in [-0.25, -0.2) is 4.79 Å². The summed E-state index contributed by atoms with van der Waals surface area (Å²) in [5, 5.41) is 0. The van der Waals surface area contributed by atoms with Crippen molar-refractivity contribution in [3.05, 3.63) is 28.2 Å². The maximum Gasteiger partial charge on any atom is 0.347 e. The molecule has 0 bridgehead atoms. The Balaban J connectivity index is 3.00. The maximum atomic E-state index is 11.4. The first-order valence-electron chi connectivity index (χ1n) is 5.12. The second kappa shape index (κ2) is 6.39. The number of ether oxygens (including phenoxy) is 2. The lowest BCUT2D eigenvalue weighted by Gasteiger charge is -2.17. The van der Waals surface area contributed by atoms with Gasteiger partial charge in [0.05, 0.1) is 17.1 Å². The van der Waals surface area contributed by atoms with Gasteiger partial charge in [-0.1, -0.05) is 13.0 Å². The summed E-state index contributed by atoms with van der Waals surface area (Å²) in [7, 11) is 1.30. The summed E-state index contributed by atoms with van der Waals surface area (Å²) in [6.45, 7) is 1.80. The molecule has 1 aromatic carbocycles. The largest absolute Gasteiger partial charge is 0.477 e. The normalized spacial score (nSPS) is 11.7. The fourth-order valence-electron chi connectivity index (χ4n) is 1.31. The third-order valence-electron chi connectivity index (χ3n) is 2.22. The van der Waals surface area contributed by atoms with E-state index in [1.165, 1.54) is 7.11 Å². The number of aldehydes is 1. The van der Waals surface area contributed by atoms with Crippen molar-refractivity contribution in [3.63, 3.8) is 0 Å². The topological polar surface area (TPSA) is 52.6 Å². The number of carbonyl (C=O) groups excluding carboxylic acids is 2. The Hall–Kier alpha value is -1.36. The molecule has 0 radical (unpaired) electrons. The molecule has 0 heterocycles. The van der Waals surface area contributed by atoms with E-state index in [9.17, 15) is 9.59 Å². The van der Waals surface area contributed by atoms with Gasteiger partial charge in [0.15, 0.2) is 12.4 Å². The van der Waals surface area contributed by atoms with E-state index in [-0.39, 0.29) is 0 Å². The molecule has 92 valence electrons. The summed E-state index contributed by atoms with van der Waals surface area (Å²) in [6.07, 6.45) is 0.438. The van der Waals surface area contributed by atoms with Crippen molar-refractivity contribution in [2.75, 3.05) is 7.11 Å². The number of halogens is 1. The van der Waals surface area contributed by atoms with Crippen LogP contribution in [0.1, 0.15) is 23.7 Å². The summed E-state index contributed by atoms with van der Waals surface area (Å²) >= 11 is 3.28. The third kappa shape index (κ3) is 3.30. The molecule has 1 unspecified atom stereocenters. The van der Waals surface area contributed by atoms with Gasteiger partial charge in [0.2, 0.25) is 0 Å². The Morgan fingerprint density at radius 1 is 1.53 bits per heavy atom. The summed E-state index contributed by atoms with van der Waals surface area (Å²) in [4.78, 5) is 22.3. The first-order valence-corrected chi connectivity index (χ1v) is 5.91. The van der Waals surface area contributed by atoms with Crippen LogP contribution in [0.25, 0.3) is 0 Å². The number of benzene rings is 1. The average Bonchev–Trinajstić information content (AvgIpc) is 2.36. The number of hydrogen-bond acceptors (Lipinski definition) is 4. The minimum Gasteiger partial charge on any atom is -0.477 e. The lowest BCUT2D eigenvalue weighted by molar-refractivity contribution is -0.148.